The van der Waals surface area contributed by atoms with Crippen LogP contribution < -0.4 is 5.32 Å². The molecule has 4 heteroatoms. The van der Waals surface area contributed by atoms with Crippen LogP contribution in [0.15, 0.2) is 0 Å². The molecule has 0 aromatic carbocycles. The van der Waals surface area contributed by atoms with Crippen LogP contribution in [0, 0.1) is 0 Å². The fourth-order valence-electron chi connectivity index (χ4n) is 2.93. The highest BCUT2D eigenvalue weighted by molar-refractivity contribution is 7.91. The summed E-state index contributed by atoms with van der Waals surface area (Å²) >= 11 is 0. The summed E-state index contributed by atoms with van der Waals surface area (Å²) in [6.45, 7) is 3.29. The predicted molar refractivity (Wildman–Crippen MR) is 82.3 cm³/mol. The van der Waals surface area contributed by atoms with Gasteiger partial charge in [0.2, 0.25) is 0 Å². The zero-order valence-electron chi connectivity index (χ0n) is 12.7. The molecule has 0 amide bonds. The van der Waals surface area contributed by atoms with E-state index in [9.17, 15) is 8.42 Å². The zero-order chi connectivity index (χ0) is 14.1. The third kappa shape index (κ3) is 7.31. The van der Waals surface area contributed by atoms with Crippen LogP contribution >= 0.6 is 0 Å². The molecular weight excluding hydrogens is 258 g/mol. The number of rotatable bonds is 9. The van der Waals surface area contributed by atoms with Gasteiger partial charge in [0, 0.05) is 12.3 Å². The van der Waals surface area contributed by atoms with Gasteiger partial charge in [-0.25, -0.2) is 8.42 Å². The Kier molecular flexibility index (Phi) is 8.00. The van der Waals surface area contributed by atoms with E-state index in [1.807, 2.05) is 0 Å². The summed E-state index contributed by atoms with van der Waals surface area (Å²) in [5.41, 5.74) is 0. The molecule has 0 heterocycles. The molecule has 19 heavy (non-hydrogen) atoms. The minimum atomic E-state index is -2.84. The van der Waals surface area contributed by atoms with Gasteiger partial charge >= 0.3 is 0 Å². The maximum Gasteiger partial charge on any atom is 0.150 e. The third-order valence-corrected chi connectivity index (χ3v) is 5.83. The molecule has 1 fully saturated rings. The summed E-state index contributed by atoms with van der Waals surface area (Å²) in [7, 11) is -2.84. The van der Waals surface area contributed by atoms with Crippen molar-refractivity contribution >= 4 is 9.84 Å². The van der Waals surface area contributed by atoms with Crippen LogP contribution in [0.1, 0.15) is 71.1 Å². The van der Waals surface area contributed by atoms with Gasteiger partial charge in [-0.3, -0.25) is 0 Å². The molecule has 3 nitrogen and oxygen atoms in total. The number of sulfone groups is 1. The highest BCUT2D eigenvalue weighted by Gasteiger charge is 2.28. The molecule has 114 valence electrons. The van der Waals surface area contributed by atoms with Crippen LogP contribution in [-0.4, -0.2) is 32.5 Å². The number of unbranched alkanes of at least 4 members (excludes halogenated alkanes) is 5. The minimum Gasteiger partial charge on any atom is -0.314 e. The van der Waals surface area contributed by atoms with E-state index in [4.69, 9.17) is 0 Å². The van der Waals surface area contributed by atoms with Crippen molar-refractivity contribution in [3.05, 3.63) is 0 Å². The van der Waals surface area contributed by atoms with E-state index in [1.165, 1.54) is 44.8 Å². The van der Waals surface area contributed by atoms with Crippen molar-refractivity contribution in [3.63, 3.8) is 0 Å². The highest BCUT2D eigenvalue weighted by atomic mass is 32.2. The molecule has 0 aromatic heterocycles. The quantitative estimate of drug-likeness (QED) is 0.663. The SMILES string of the molecule is CCCCCCCCNC1CCCC(S(C)(=O)=O)C1. The number of hydrogen-bond donors (Lipinski definition) is 1. The minimum absolute atomic E-state index is 0.108. The van der Waals surface area contributed by atoms with E-state index in [0.717, 1.165) is 32.2 Å². The second kappa shape index (κ2) is 8.96. The standard InChI is InChI=1S/C15H31NO2S/c1-3-4-5-6-7-8-12-16-14-10-9-11-15(13-14)19(2,17)18/h14-16H,3-13H2,1-2H3. The van der Waals surface area contributed by atoms with Crippen molar-refractivity contribution in [3.8, 4) is 0 Å². The molecule has 1 aliphatic rings. The van der Waals surface area contributed by atoms with Gasteiger partial charge in [0.25, 0.3) is 0 Å². The van der Waals surface area contributed by atoms with Gasteiger partial charge in [-0.05, 0) is 32.2 Å². The first kappa shape index (κ1) is 17.0. The van der Waals surface area contributed by atoms with Gasteiger partial charge in [0.1, 0.15) is 9.84 Å². The van der Waals surface area contributed by atoms with Crippen molar-refractivity contribution in [2.24, 2.45) is 0 Å². The molecular formula is C15H31NO2S. The normalized spacial score (nSPS) is 24.5. The summed E-state index contributed by atoms with van der Waals surface area (Å²) in [6, 6.07) is 0.420. The Morgan fingerprint density at radius 3 is 2.42 bits per heavy atom. The van der Waals surface area contributed by atoms with Crippen LogP contribution in [0.2, 0.25) is 0 Å². The topological polar surface area (TPSA) is 46.2 Å². The largest absolute Gasteiger partial charge is 0.314 e. The summed E-state index contributed by atoms with van der Waals surface area (Å²) in [4.78, 5) is 0. The van der Waals surface area contributed by atoms with E-state index in [1.54, 1.807) is 0 Å². The van der Waals surface area contributed by atoms with Crippen molar-refractivity contribution in [1.82, 2.24) is 5.32 Å². The molecule has 0 saturated heterocycles. The molecule has 0 aromatic rings. The molecule has 2 unspecified atom stereocenters. The Morgan fingerprint density at radius 2 is 1.74 bits per heavy atom. The molecule has 0 spiro atoms. The Balaban J connectivity index is 2.09. The average molecular weight is 289 g/mol. The second-order valence-electron chi connectivity index (χ2n) is 6.04. The van der Waals surface area contributed by atoms with Crippen LogP contribution in [0.25, 0.3) is 0 Å². The lowest BCUT2D eigenvalue weighted by molar-refractivity contribution is 0.368. The third-order valence-electron chi connectivity index (χ3n) is 4.19. The van der Waals surface area contributed by atoms with Crippen molar-refractivity contribution < 1.29 is 8.42 Å². The lowest BCUT2D eigenvalue weighted by atomic mass is 9.95. The number of hydrogen-bond acceptors (Lipinski definition) is 3. The molecule has 1 aliphatic carbocycles. The smallest absolute Gasteiger partial charge is 0.150 e. The van der Waals surface area contributed by atoms with Crippen molar-refractivity contribution in [2.45, 2.75) is 82.4 Å². The Hall–Kier alpha value is -0.0900. The van der Waals surface area contributed by atoms with Gasteiger partial charge in [-0.1, -0.05) is 45.4 Å². The maximum atomic E-state index is 11.6. The van der Waals surface area contributed by atoms with Crippen LogP contribution in [0.5, 0.6) is 0 Å². The zero-order valence-corrected chi connectivity index (χ0v) is 13.5. The molecule has 0 aliphatic heterocycles. The van der Waals surface area contributed by atoms with Crippen LogP contribution in [-0.2, 0) is 9.84 Å². The summed E-state index contributed by atoms with van der Waals surface area (Å²) < 4.78 is 23.2. The van der Waals surface area contributed by atoms with Gasteiger partial charge in [0.15, 0.2) is 0 Å². The molecule has 0 radical (unpaired) electrons. The maximum absolute atomic E-state index is 11.6. The van der Waals surface area contributed by atoms with E-state index in [2.05, 4.69) is 12.2 Å². The molecule has 1 saturated carbocycles. The lowest BCUT2D eigenvalue weighted by Crippen LogP contribution is -2.39. The monoisotopic (exact) mass is 289 g/mol. The Morgan fingerprint density at radius 1 is 1.05 bits per heavy atom. The molecule has 0 bridgehead atoms. The highest BCUT2D eigenvalue weighted by Crippen LogP contribution is 2.23. The lowest BCUT2D eigenvalue weighted by Gasteiger charge is -2.28. The van der Waals surface area contributed by atoms with E-state index in [-0.39, 0.29) is 5.25 Å². The van der Waals surface area contributed by atoms with Gasteiger partial charge in [-0.2, -0.15) is 0 Å². The Labute approximate surface area is 119 Å². The average Bonchev–Trinajstić information content (AvgIpc) is 2.37. The molecule has 1 N–H and O–H groups in total. The summed E-state index contributed by atoms with van der Waals surface area (Å²) in [6.07, 6.45) is 13.1. The predicted octanol–water partition coefficient (Wildman–Crippen LogP) is 3.29. The van der Waals surface area contributed by atoms with Crippen LogP contribution in [0.3, 0.4) is 0 Å². The number of nitrogens with one attached hydrogen (secondary N) is 1. The first-order valence-corrected chi connectivity index (χ1v) is 9.91. The van der Waals surface area contributed by atoms with Crippen LogP contribution in [0.4, 0.5) is 0 Å². The first-order chi connectivity index (χ1) is 9.04. The summed E-state index contributed by atoms with van der Waals surface area (Å²) in [5, 5.41) is 3.44. The van der Waals surface area contributed by atoms with E-state index >= 15 is 0 Å². The van der Waals surface area contributed by atoms with Gasteiger partial charge < -0.3 is 5.32 Å². The van der Waals surface area contributed by atoms with Gasteiger partial charge in [-0.15, -0.1) is 0 Å². The second-order valence-corrected chi connectivity index (χ2v) is 8.36. The Bertz CT molecular complexity index is 327. The molecule has 2 atom stereocenters. The molecule has 1 rings (SSSR count). The van der Waals surface area contributed by atoms with E-state index in [0.29, 0.717) is 6.04 Å². The first-order valence-electron chi connectivity index (χ1n) is 7.96. The fraction of sp³-hybridized carbons (Fsp3) is 1.00. The van der Waals surface area contributed by atoms with Gasteiger partial charge in [0.05, 0.1) is 5.25 Å². The van der Waals surface area contributed by atoms with Crippen molar-refractivity contribution in [2.75, 3.05) is 12.8 Å². The van der Waals surface area contributed by atoms with Crippen molar-refractivity contribution in [1.29, 1.82) is 0 Å². The van der Waals surface area contributed by atoms with E-state index < -0.39 is 9.84 Å². The summed E-state index contributed by atoms with van der Waals surface area (Å²) in [5.74, 6) is 0. The fourth-order valence-corrected chi connectivity index (χ4v) is 4.11.